The molecule has 0 saturated heterocycles. The van der Waals surface area contributed by atoms with Crippen molar-refractivity contribution in [3.05, 3.63) is 30.1 Å². The maximum Gasteiger partial charge on any atom is 0.253 e. The van der Waals surface area contributed by atoms with Crippen LogP contribution >= 0.6 is 23.2 Å². The molecule has 1 aromatic heterocycles. The molecule has 2 aromatic rings. The second-order valence-corrected chi connectivity index (χ2v) is 5.08. The van der Waals surface area contributed by atoms with Gasteiger partial charge >= 0.3 is 0 Å². The Morgan fingerprint density at radius 3 is 2.75 bits per heavy atom. The molecule has 1 heterocycles. The SMILES string of the molecule is O=C(NCCNC(=O)C(Cl)Cl)c1ccc2nc[nH]c2c1. The van der Waals surface area contributed by atoms with E-state index < -0.39 is 10.7 Å². The number of fused-ring (bicyclic) bond motifs is 1. The number of alkyl halides is 2. The maximum absolute atomic E-state index is 11.9. The Balaban J connectivity index is 1.84. The number of halogens is 2. The van der Waals surface area contributed by atoms with E-state index in [1.54, 1.807) is 24.5 Å². The molecule has 0 atom stereocenters. The van der Waals surface area contributed by atoms with Crippen LogP contribution in [0.2, 0.25) is 0 Å². The standard InChI is InChI=1S/C12H12Cl2N4O2/c13-10(14)12(20)16-4-3-15-11(19)7-1-2-8-9(5-7)18-6-17-8/h1-2,5-6,10H,3-4H2,(H,15,19)(H,16,20)(H,17,18). The van der Waals surface area contributed by atoms with Crippen LogP contribution in [0.5, 0.6) is 0 Å². The number of amides is 2. The minimum Gasteiger partial charge on any atom is -0.352 e. The van der Waals surface area contributed by atoms with Crippen LogP contribution in [0, 0.1) is 0 Å². The zero-order valence-corrected chi connectivity index (χ0v) is 11.8. The van der Waals surface area contributed by atoms with E-state index in [-0.39, 0.29) is 19.0 Å². The second-order valence-electron chi connectivity index (χ2n) is 3.98. The lowest BCUT2D eigenvalue weighted by Crippen LogP contribution is -2.36. The molecule has 1 aromatic carbocycles. The van der Waals surface area contributed by atoms with E-state index in [0.29, 0.717) is 5.56 Å². The molecule has 0 radical (unpaired) electrons. The van der Waals surface area contributed by atoms with E-state index in [2.05, 4.69) is 20.6 Å². The molecular formula is C12H12Cl2N4O2. The minimum atomic E-state index is -1.10. The molecule has 0 unspecified atom stereocenters. The van der Waals surface area contributed by atoms with Crippen LogP contribution < -0.4 is 10.6 Å². The number of aromatic nitrogens is 2. The highest BCUT2D eigenvalue weighted by Gasteiger charge is 2.10. The number of hydrogen-bond acceptors (Lipinski definition) is 3. The van der Waals surface area contributed by atoms with E-state index in [4.69, 9.17) is 23.2 Å². The van der Waals surface area contributed by atoms with Gasteiger partial charge in [0.05, 0.1) is 17.4 Å². The van der Waals surface area contributed by atoms with Gasteiger partial charge in [0, 0.05) is 18.7 Å². The van der Waals surface area contributed by atoms with Crippen molar-refractivity contribution in [2.24, 2.45) is 0 Å². The lowest BCUT2D eigenvalue weighted by atomic mass is 10.2. The number of imidazole rings is 1. The van der Waals surface area contributed by atoms with E-state index in [1.807, 2.05) is 0 Å². The van der Waals surface area contributed by atoms with Crippen LogP contribution in [-0.4, -0.2) is 39.7 Å². The van der Waals surface area contributed by atoms with Crippen molar-refractivity contribution >= 4 is 46.0 Å². The Morgan fingerprint density at radius 1 is 1.25 bits per heavy atom. The molecule has 0 aliphatic carbocycles. The van der Waals surface area contributed by atoms with Crippen molar-refractivity contribution in [1.29, 1.82) is 0 Å². The summed E-state index contributed by atoms with van der Waals surface area (Å²) in [5.74, 6) is -0.717. The average molecular weight is 315 g/mol. The van der Waals surface area contributed by atoms with Crippen LogP contribution in [0.1, 0.15) is 10.4 Å². The topological polar surface area (TPSA) is 86.9 Å². The van der Waals surface area contributed by atoms with Crippen molar-refractivity contribution < 1.29 is 9.59 Å². The van der Waals surface area contributed by atoms with Gasteiger partial charge in [-0.25, -0.2) is 4.98 Å². The number of carbonyl (C=O) groups is 2. The monoisotopic (exact) mass is 314 g/mol. The molecule has 106 valence electrons. The molecule has 0 fully saturated rings. The highest BCUT2D eigenvalue weighted by Crippen LogP contribution is 2.11. The van der Waals surface area contributed by atoms with Crippen LogP contribution in [0.15, 0.2) is 24.5 Å². The lowest BCUT2D eigenvalue weighted by Gasteiger charge is -2.07. The molecule has 0 saturated carbocycles. The number of nitrogens with one attached hydrogen (secondary N) is 3. The van der Waals surface area contributed by atoms with Gasteiger partial charge in [-0.3, -0.25) is 9.59 Å². The van der Waals surface area contributed by atoms with Gasteiger partial charge in [0.2, 0.25) is 0 Å². The first kappa shape index (κ1) is 14.6. The Bertz CT molecular complexity index is 627. The molecule has 2 amide bonds. The van der Waals surface area contributed by atoms with Gasteiger partial charge in [-0.1, -0.05) is 23.2 Å². The molecule has 6 nitrogen and oxygen atoms in total. The zero-order chi connectivity index (χ0) is 14.5. The molecular weight excluding hydrogens is 303 g/mol. The fraction of sp³-hybridized carbons (Fsp3) is 0.250. The first-order valence-corrected chi connectivity index (χ1v) is 6.72. The normalized spacial score (nSPS) is 10.8. The summed E-state index contributed by atoms with van der Waals surface area (Å²) < 4.78 is 0. The van der Waals surface area contributed by atoms with Crippen molar-refractivity contribution in [2.45, 2.75) is 4.84 Å². The first-order valence-electron chi connectivity index (χ1n) is 5.85. The predicted molar refractivity (Wildman–Crippen MR) is 76.9 cm³/mol. The molecule has 0 aliphatic rings. The van der Waals surface area contributed by atoms with Crippen LogP contribution in [-0.2, 0) is 4.79 Å². The summed E-state index contributed by atoms with van der Waals surface area (Å²) in [7, 11) is 0. The Morgan fingerprint density at radius 2 is 2.00 bits per heavy atom. The van der Waals surface area contributed by atoms with Gasteiger partial charge in [0.25, 0.3) is 11.8 Å². The predicted octanol–water partition coefficient (Wildman–Crippen LogP) is 1.21. The Labute approximate surface area is 124 Å². The largest absolute Gasteiger partial charge is 0.352 e. The fourth-order valence-corrected chi connectivity index (χ4v) is 1.77. The molecule has 0 spiro atoms. The van der Waals surface area contributed by atoms with E-state index >= 15 is 0 Å². The first-order chi connectivity index (χ1) is 9.58. The van der Waals surface area contributed by atoms with Crippen molar-refractivity contribution in [3.8, 4) is 0 Å². The molecule has 8 heteroatoms. The molecule has 20 heavy (non-hydrogen) atoms. The summed E-state index contributed by atoms with van der Waals surface area (Å²) in [5.41, 5.74) is 2.10. The summed E-state index contributed by atoms with van der Waals surface area (Å²) in [5, 5.41) is 5.16. The Kier molecular flexibility index (Phi) is 4.81. The highest BCUT2D eigenvalue weighted by atomic mass is 35.5. The van der Waals surface area contributed by atoms with Gasteiger partial charge < -0.3 is 15.6 Å². The molecule has 2 rings (SSSR count). The number of rotatable bonds is 5. The number of nitrogens with zero attached hydrogens (tertiary/aromatic N) is 1. The molecule has 0 aliphatic heterocycles. The number of hydrogen-bond donors (Lipinski definition) is 3. The summed E-state index contributed by atoms with van der Waals surface area (Å²) in [4.78, 5) is 28.9. The second kappa shape index (κ2) is 6.58. The minimum absolute atomic E-state index is 0.232. The summed E-state index contributed by atoms with van der Waals surface area (Å²) in [6.07, 6.45) is 1.57. The van der Waals surface area contributed by atoms with Gasteiger partial charge in [-0.05, 0) is 18.2 Å². The average Bonchev–Trinajstić information content (AvgIpc) is 2.90. The van der Waals surface area contributed by atoms with Crippen LogP contribution in [0.4, 0.5) is 0 Å². The lowest BCUT2D eigenvalue weighted by molar-refractivity contribution is -0.119. The molecule has 3 N–H and O–H groups in total. The zero-order valence-electron chi connectivity index (χ0n) is 10.3. The van der Waals surface area contributed by atoms with Gasteiger partial charge in [0.15, 0.2) is 4.84 Å². The van der Waals surface area contributed by atoms with Crippen LogP contribution in [0.3, 0.4) is 0 Å². The Hall–Kier alpha value is -1.79. The fourth-order valence-electron chi connectivity index (χ4n) is 1.62. The summed E-state index contributed by atoms with van der Waals surface area (Å²) in [6.45, 7) is 0.541. The number of benzene rings is 1. The van der Waals surface area contributed by atoms with Crippen molar-refractivity contribution in [2.75, 3.05) is 13.1 Å². The van der Waals surface area contributed by atoms with Crippen molar-refractivity contribution in [3.63, 3.8) is 0 Å². The summed E-state index contributed by atoms with van der Waals surface area (Å²) in [6, 6.07) is 5.16. The van der Waals surface area contributed by atoms with Crippen LogP contribution in [0.25, 0.3) is 11.0 Å². The van der Waals surface area contributed by atoms with Crippen molar-refractivity contribution in [1.82, 2.24) is 20.6 Å². The molecule has 0 bridgehead atoms. The van der Waals surface area contributed by atoms with Gasteiger partial charge in [-0.15, -0.1) is 0 Å². The van der Waals surface area contributed by atoms with E-state index in [1.165, 1.54) is 0 Å². The maximum atomic E-state index is 11.9. The number of H-pyrrole nitrogens is 1. The third-order valence-corrected chi connectivity index (χ3v) is 2.99. The van der Waals surface area contributed by atoms with E-state index in [0.717, 1.165) is 11.0 Å². The van der Waals surface area contributed by atoms with Gasteiger partial charge in [-0.2, -0.15) is 0 Å². The number of carbonyl (C=O) groups excluding carboxylic acids is 2. The highest BCUT2D eigenvalue weighted by molar-refractivity contribution is 6.53. The smallest absolute Gasteiger partial charge is 0.253 e. The third kappa shape index (κ3) is 3.61. The third-order valence-electron chi connectivity index (χ3n) is 2.59. The van der Waals surface area contributed by atoms with Gasteiger partial charge in [0.1, 0.15) is 0 Å². The van der Waals surface area contributed by atoms with E-state index in [9.17, 15) is 9.59 Å². The quantitative estimate of drug-likeness (QED) is 0.572. The number of aromatic amines is 1. The summed E-state index contributed by atoms with van der Waals surface area (Å²) >= 11 is 10.7.